The first kappa shape index (κ1) is 21.4. The summed E-state index contributed by atoms with van der Waals surface area (Å²) < 4.78 is 25.3. The first-order chi connectivity index (χ1) is 11.1. The highest BCUT2D eigenvalue weighted by Crippen LogP contribution is 2.63. The second-order valence-corrected chi connectivity index (χ2v) is 10.8. The van der Waals surface area contributed by atoms with E-state index in [2.05, 4.69) is 38.1 Å². The Morgan fingerprint density at radius 3 is 2.88 bits per heavy atom. The summed E-state index contributed by atoms with van der Waals surface area (Å²) in [5, 5.41) is 0. The van der Waals surface area contributed by atoms with E-state index < -0.39 is 13.5 Å². The van der Waals surface area contributed by atoms with Crippen LogP contribution in [0.15, 0.2) is 27.4 Å². The predicted octanol–water partition coefficient (Wildman–Crippen LogP) is 0.441. The van der Waals surface area contributed by atoms with Gasteiger partial charge in [-0.05, 0) is 11.8 Å². The highest BCUT2D eigenvalue weighted by Gasteiger charge is 2.26. The highest BCUT2D eigenvalue weighted by atomic mass is 32.9. The minimum Gasteiger partial charge on any atom is -0.386 e. The van der Waals surface area contributed by atoms with Gasteiger partial charge in [0.1, 0.15) is 24.7 Å². The zero-order valence-corrected chi connectivity index (χ0v) is 15.8. The second-order valence-electron chi connectivity index (χ2n) is 4.12. The van der Waals surface area contributed by atoms with Crippen LogP contribution in [0.3, 0.4) is 0 Å². The summed E-state index contributed by atoms with van der Waals surface area (Å²) in [6.45, 7) is 3.98. The van der Waals surface area contributed by atoms with Crippen molar-refractivity contribution in [3.05, 3.63) is 12.4 Å². The molecular formula is C9H17N5O6P2S2. The van der Waals surface area contributed by atoms with Gasteiger partial charge in [0, 0.05) is 0 Å². The normalized spacial score (nSPS) is 23.4. The molecule has 136 valence electrons. The quantitative estimate of drug-likeness (QED) is 0.250. The fourth-order valence-corrected chi connectivity index (χ4v) is 4.90. The monoisotopic (exact) mass is 417 g/mol. The van der Waals surface area contributed by atoms with Crippen molar-refractivity contribution >= 4 is 56.1 Å². The lowest BCUT2D eigenvalue weighted by molar-refractivity contribution is 0.0591. The van der Waals surface area contributed by atoms with Crippen molar-refractivity contribution in [3.8, 4) is 0 Å². The van der Waals surface area contributed by atoms with Gasteiger partial charge in [0.25, 0.3) is 5.69 Å². The fraction of sp³-hybridized carbons (Fsp3) is 0.444. The maximum absolute atomic E-state index is 10.7. The standard InChI is InChI=1S/C9H17N5O6P2S2/c1-8-12-5-13-9(10)4-11-6-14(8)7-18-2-3-19-22(23,24)20-21(15,16)17/h5-6H,1-4,7H2,(H,23,24)(H2,10,12,13)(H2,15,16,17)/b11-6-. The summed E-state index contributed by atoms with van der Waals surface area (Å²) in [5.74, 6) is 0.644. The molecule has 0 spiro atoms. The molecule has 0 bridgehead atoms. The minimum atomic E-state index is -4.76. The number of hydrogen-bond acceptors (Lipinski definition) is 10. The van der Waals surface area contributed by atoms with E-state index in [0.29, 0.717) is 11.7 Å². The molecule has 1 aliphatic heterocycles. The van der Waals surface area contributed by atoms with Crippen LogP contribution >= 0.6 is 25.8 Å². The molecule has 1 aliphatic rings. The SMILES string of the molecule is C=C1/N=C\N=C(\N)C/N=C\N1COCCOP(=S)(S)OP(=O)(O)O. The highest BCUT2D eigenvalue weighted by molar-refractivity contribution is 8.60. The predicted molar refractivity (Wildman–Crippen MR) is 97.6 cm³/mol. The molecule has 0 saturated heterocycles. The van der Waals surface area contributed by atoms with Gasteiger partial charge in [-0.3, -0.25) is 9.89 Å². The maximum Gasteiger partial charge on any atom is 0.475 e. The lowest BCUT2D eigenvalue weighted by atomic mass is 10.6. The van der Waals surface area contributed by atoms with Crippen molar-refractivity contribution in [1.82, 2.24) is 4.90 Å². The third-order valence-electron chi connectivity index (χ3n) is 2.16. The van der Waals surface area contributed by atoms with Crippen LogP contribution in [0.2, 0.25) is 0 Å². The Morgan fingerprint density at radius 2 is 2.21 bits per heavy atom. The first-order valence-corrected chi connectivity index (χ1v) is 11.5. The molecule has 15 heteroatoms. The molecule has 0 aromatic rings. The number of phosphoric acid groups is 1. The molecule has 4 N–H and O–H groups in total. The fourth-order valence-electron chi connectivity index (χ4n) is 1.22. The van der Waals surface area contributed by atoms with Gasteiger partial charge in [0.05, 0.1) is 26.1 Å². The van der Waals surface area contributed by atoms with Gasteiger partial charge >= 0.3 is 7.82 Å². The topological polar surface area (TPSA) is 152 Å². The number of hydrogen-bond donors (Lipinski definition) is 4. The largest absolute Gasteiger partial charge is 0.475 e. The molecule has 0 amide bonds. The van der Waals surface area contributed by atoms with Gasteiger partial charge in [0.2, 0.25) is 0 Å². The molecular weight excluding hydrogens is 400 g/mol. The number of nitrogens with two attached hydrogens (primary N) is 1. The lowest BCUT2D eigenvalue weighted by Gasteiger charge is -2.19. The van der Waals surface area contributed by atoms with Gasteiger partial charge in [-0.25, -0.2) is 18.9 Å². The van der Waals surface area contributed by atoms with Crippen LogP contribution in [0.25, 0.3) is 0 Å². The molecule has 0 saturated carbocycles. The minimum absolute atomic E-state index is 0.0533. The van der Waals surface area contributed by atoms with E-state index >= 15 is 0 Å². The molecule has 0 aromatic heterocycles. The summed E-state index contributed by atoms with van der Waals surface area (Å²) in [7, 11) is -4.76. The van der Waals surface area contributed by atoms with Crippen molar-refractivity contribution < 1.29 is 27.9 Å². The Hall–Kier alpha value is -0.620. The average Bonchev–Trinajstić information content (AvgIpc) is 2.48. The number of rotatable bonds is 8. The number of ether oxygens (including phenoxy) is 1. The van der Waals surface area contributed by atoms with E-state index in [1.165, 1.54) is 17.6 Å². The number of nitrogens with zero attached hydrogens (tertiary/aromatic N) is 4. The molecule has 11 nitrogen and oxygen atoms in total. The summed E-state index contributed by atoms with van der Waals surface area (Å²) >= 11 is 8.53. The molecule has 1 heterocycles. The van der Waals surface area contributed by atoms with Crippen molar-refractivity contribution in [2.75, 3.05) is 26.5 Å². The third kappa shape index (κ3) is 9.62. The number of thiol groups is 1. The molecule has 0 aromatic carbocycles. The van der Waals surface area contributed by atoms with Crippen LogP contribution in [0, 0.1) is 0 Å². The first-order valence-electron chi connectivity index (χ1n) is 6.21. The summed E-state index contributed by atoms with van der Waals surface area (Å²) in [6, 6.07) is 0. The summed E-state index contributed by atoms with van der Waals surface area (Å²) in [5.41, 5.74) is 2.21. The molecule has 0 radical (unpaired) electrons. The van der Waals surface area contributed by atoms with Crippen LogP contribution in [-0.2, 0) is 29.9 Å². The van der Waals surface area contributed by atoms with Crippen molar-refractivity contribution in [3.63, 3.8) is 0 Å². The van der Waals surface area contributed by atoms with E-state index in [-0.39, 0.29) is 26.5 Å². The van der Waals surface area contributed by atoms with Crippen LogP contribution in [0.1, 0.15) is 0 Å². The molecule has 1 rings (SSSR count). The molecule has 1 atom stereocenters. The van der Waals surface area contributed by atoms with E-state index in [9.17, 15) is 4.57 Å². The number of amidine groups is 1. The van der Waals surface area contributed by atoms with Crippen molar-refractivity contribution in [2.24, 2.45) is 20.7 Å². The maximum atomic E-state index is 10.7. The summed E-state index contributed by atoms with van der Waals surface area (Å²) in [4.78, 5) is 30.7. The van der Waals surface area contributed by atoms with Gasteiger partial charge in [-0.15, -0.1) is 0 Å². The Kier molecular flexibility index (Phi) is 8.71. The van der Waals surface area contributed by atoms with Crippen LogP contribution in [-0.4, -0.2) is 59.7 Å². The smallest absolute Gasteiger partial charge is 0.386 e. The Balaban J connectivity index is 2.38. The zero-order chi connectivity index (χ0) is 18.2. The van der Waals surface area contributed by atoms with E-state index in [1.54, 1.807) is 0 Å². The Labute approximate surface area is 148 Å². The third-order valence-corrected chi connectivity index (χ3v) is 6.26. The average molecular weight is 417 g/mol. The van der Waals surface area contributed by atoms with Gasteiger partial charge in [-0.2, -0.15) is 0 Å². The summed E-state index contributed by atoms with van der Waals surface area (Å²) in [6.07, 6.45) is 2.72. The van der Waals surface area contributed by atoms with Crippen molar-refractivity contribution in [2.45, 2.75) is 0 Å². The van der Waals surface area contributed by atoms with Gasteiger partial charge in [-0.1, -0.05) is 18.8 Å². The van der Waals surface area contributed by atoms with E-state index in [1.807, 2.05) is 0 Å². The zero-order valence-electron chi connectivity index (χ0n) is 12.3. The Morgan fingerprint density at radius 1 is 1.50 bits per heavy atom. The second kappa shape index (κ2) is 9.76. The van der Waals surface area contributed by atoms with Crippen LogP contribution in [0.4, 0.5) is 0 Å². The van der Waals surface area contributed by atoms with E-state index in [4.69, 9.17) is 36.6 Å². The number of aliphatic imine (C=N–C) groups is 3. The molecule has 0 fully saturated rings. The van der Waals surface area contributed by atoms with Gasteiger partial charge in [0.15, 0.2) is 0 Å². The van der Waals surface area contributed by atoms with Crippen LogP contribution < -0.4 is 5.73 Å². The molecule has 0 aliphatic carbocycles. The molecule has 24 heavy (non-hydrogen) atoms. The van der Waals surface area contributed by atoms with Crippen molar-refractivity contribution in [1.29, 1.82) is 0 Å². The molecule has 1 unspecified atom stereocenters. The van der Waals surface area contributed by atoms with E-state index in [0.717, 1.165) is 0 Å². The lowest BCUT2D eigenvalue weighted by Crippen LogP contribution is -2.25. The van der Waals surface area contributed by atoms with Gasteiger partial charge < -0.3 is 24.8 Å². The van der Waals surface area contributed by atoms with Crippen LogP contribution in [0.5, 0.6) is 0 Å². The Bertz CT molecular complexity index is 636.